The Balaban J connectivity index is 1.41. The Morgan fingerprint density at radius 2 is 1.80 bits per heavy atom. The standard InChI is InChI=1S/C20H29FN2O2/c21-17-8-6-16(7-9-17)20(25)11-14-23(15-12-20)13-10-19(24)22-18-4-2-1-3-5-18/h6-9,18,25H,1-5,10-15H2,(H,22,24). The lowest BCUT2D eigenvalue weighted by Gasteiger charge is -2.38. The molecule has 0 radical (unpaired) electrons. The van der Waals surface area contributed by atoms with Crippen molar-refractivity contribution in [1.82, 2.24) is 10.2 Å². The molecule has 1 amide bonds. The molecule has 0 spiro atoms. The third-order valence-electron chi connectivity index (χ3n) is 5.69. The highest BCUT2D eigenvalue weighted by atomic mass is 19.1. The summed E-state index contributed by atoms with van der Waals surface area (Å²) in [6, 6.07) is 6.50. The molecule has 1 aliphatic heterocycles. The van der Waals surface area contributed by atoms with E-state index in [1.807, 2.05) is 0 Å². The second-order valence-corrected chi connectivity index (χ2v) is 7.53. The van der Waals surface area contributed by atoms with Gasteiger partial charge in [0.05, 0.1) is 5.60 Å². The first-order chi connectivity index (χ1) is 12.0. The molecule has 0 atom stereocenters. The van der Waals surface area contributed by atoms with Gasteiger partial charge in [0.15, 0.2) is 0 Å². The lowest BCUT2D eigenvalue weighted by Crippen LogP contribution is -2.44. The van der Waals surface area contributed by atoms with Gasteiger partial charge in [0.2, 0.25) is 5.91 Å². The molecule has 1 saturated carbocycles. The molecule has 5 heteroatoms. The minimum atomic E-state index is -0.880. The van der Waals surface area contributed by atoms with E-state index in [4.69, 9.17) is 0 Å². The number of rotatable bonds is 5. The highest BCUT2D eigenvalue weighted by Gasteiger charge is 2.33. The molecule has 1 saturated heterocycles. The van der Waals surface area contributed by atoms with Crippen LogP contribution in [-0.2, 0) is 10.4 Å². The number of carbonyl (C=O) groups is 1. The normalized spacial score (nSPS) is 21.8. The van der Waals surface area contributed by atoms with Crippen molar-refractivity contribution in [2.45, 2.75) is 63.0 Å². The molecule has 0 unspecified atom stereocenters. The van der Waals surface area contributed by atoms with Crippen molar-refractivity contribution in [2.24, 2.45) is 0 Å². The molecule has 3 rings (SSSR count). The number of nitrogens with one attached hydrogen (secondary N) is 1. The van der Waals surface area contributed by atoms with E-state index in [0.717, 1.165) is 38.0 Å². The van der Waals surface area contributed by atoms with Crippen LogP contribution in [0.25, 0.3) is 0 Å². The van der Waals surface area contributed by atoms with Crippen LogP contribution in [-0.4, -0.2) is 41.6 Å². The summed E-state index contributed by atoms with van der Waals surface area (Å²) in [7, 11) is 0. The van der Waals surface area contributed by atoms with E-state index in [1.165, 1.54) is 31.4 Å². The lowest BCUT2D eigenvalue weighted by atomic mass is 9.84. The van der Waals surface area contributed by atoms with Crippen molar-refractivity contribution >= 4 is 5.91 Å². The number of piperidine rings is 1. The molecule has 25 heavy (non-hydrogen) atoms. The summed E-state index contributed by atoms with van der Waals surface area (Å²) < 4.78 is 13.1. The molecule has 2 N–H and O–H groups in total. The predicted octanol–water partition coefficient (Wildman–Crippen LogP) is 2.95. The average Bonchev–Trinajstić information content (AvgIpc) is 2.63. The molecule has 1 aromatic rings. The van der Waals surface area contributed by atoms with Crippen LogP contribution < -0.4 is 5.32 Å². The quantitative estimate of drug-likeness (QED) is 0.860. The van der Waals surface area contributed by atoms with Crippen molar-refractivity contribution in [2.75, 3.05) is 19.6 Å². The molecule has 1 heterocycles. The van der Waals surface area contributed by atoms with Crippen LogP contribution >= 0.6 is 0 Å². The minimum absolute atomic E-state index is 0.145. The third kappa shape index (κ3) is 5.02. The molecule has 0 bridgehead atoms. The molecule has 1 aromatic carbocycles. The first kappa shape index (κ1) is 18.3. The van der Waals surface area contributed by atoms with Crippen LogP contribution in [0.5, 0.6) is 0 Å². The zero-order valence-electron chi connectivity index (χ0n) is 14.8. The van der Waals surface area contributed by atoms with Crippen LogP contribution in [0.1, 0.15) is 56.9 Å². The van der Waals surface area contributed by atoms with E-state index in [2.05, 4.69) is 10.2 Å². The Labute approximate surface area is 149 Å². The monoisotopic (exact) mass is 348 g/mol. The largest absolute Gasteiger partial charge is 0.385 e. The Kier molecular flexibility index (Phi) is 6.07. The van der Waals surface area contributed by atoms with Crippen LogP contribution in [0.2, 0.25) is 0 Å². The molecule has 4 nitrogen and oxygen atoms in total. The SMILES string of the molecule is O=C(CCN1CCC(O)(c2ccc(F)cc2)CC1)NC1CCCCC1. The number of likely N-dealkylation sites (tertiary alicyclic amines) is 1. The van der Waals surface area contributed by atoms with Gasteiger partial charge in [0, 0.05) is 32.1 Å². The fourth-order valence-electron chi connectivity index (χ4n) is 4.00. The van der Waals surface area contributed by atoms with E-state index >= 15 is 0 Å². The van der Waals surface area contributed by atoms with E-state index in [9.17, 15) is 14.3 Å². The number of carbonyl (C=O) groups excluding carboxylic acids is 1. The summed E-state index contributed by atoms with van der Waals surface area (Å²) in [4.78, 5) is 14.3. The van der Waals surface area contributed by atoms with Crippen molar-refractivity contribution in [1.29, 1.82) is 0 Å². The second kappa shape index (κ2) is 8.28. The molecule has 2 fully saturated rings. The van der Waals surface area contributed by atoms with E-state index < -0.39 is 5.60 Å². The second-order valence-electron chi connectivity index (χ2n) is 7.53. The Hall–Kier alpha value is -1.46. The summed E-state index contributed by atoms with van der Waals surface area (Å²) in [6.07, 6.45) is 7.70. The van der Waals surface area contributed by atoms with Crippen LogP contribution in [0, 0.1) is 5.82 Å². The lowest BCUT2D eigenvalue weighted by molar-refractivity contribution is -0.122. The highest BCUT2D eigenvalue weighted by Crippen LogP contribution is 2.32. The van der Waals surface area contributed by atoms with E-state index in [-0.39, 0.29) is 11.7 Å². The topological polar surface area (TPSA) is 52.6 Å². The first-order valence-electron chi connectivity index (χ1n) is 9.55. The van der Waals surface area contributed by atoms with Crippen molar-refractivity contribution in [3.8, 4) is 0 Å². The number of benzene rings is 1. The van der Waals surface area contributed by atoms with Crippen molar-refractivity contribution in [3.63, 3.8) is 0 Å². The Morgan fingerprint density at radius 1 is 1.16 bits per heavy atom. The number of halogens is 1. The van der Waals surface area contributed by atoms with Gasteiger partial charge in [-0.05, 0) is 43.4 Å². The van der Waals surface area contributed by atoms with Gasteiger partial charge in [-0.1, -0.05) is 31.4 Å². The predicted molar refractivity (Wildman–Crippen MR) is 95.6 cm³/mol. The number of amides is 1. The number of hydrogen-bond donors (Lipinski definition) is 2. The van der Waals surface area contributed by atoms with Gasteiger partial charge >= 0.3 is 0 Å². The first-order valence-corrected chi connectivity index (χ1v) is 9.55. The maximum atomic E-state index is 13.1. The summed E-state index contributed by atoms with van der Waals surface area (Å²) in [5.74, 6) is -0.139. The summed E-state index contributed by atoms with van der Waals surface area (Å²) in [6.45, 7) is 2.24. The van der Waals surface area contributed by atoms with Gasteiger partial charge in [-0.3, -0.25) is 4.79 Å². The van der Waals surface area contributed by atoms with Gasteiger partial charge in [0.1, 0.15) is 5.82 Å². The summed E-state index contributed by atoms with van der Waals surface area (Å²) >= 11 is 0. The summed E-state index contributed by atoms with van der Waals surface area (Å²) in [5.41, 5.74) is -0.0993. The fourth-order valence-corrected chi connectivity index (χ4v) is 4.00. The van der Waals surface area contributed by atoms with Crippen LogP contribution in [0.15, 0.2) is 24.3 Å². The number of nitrogens with zero attached hydrogens (tertiary/aromatic N) is 1. The average molecular weight is 348 g/mol. The zero-order chi connectivity index (χ0) is 17.7. The maximum absolute atomic E-state index is 13.1. The number of aliphatic hydroxyl groups is 1. The van der Waals surface area contributed by atoms with Gasteiger partial charge in [0.25, 0.3) is 0 Å². The van der Waals surface area contributed by atoms with Crippen LogP contribution in [0.3, 0.4) is 0 Å². The number of hydrogen-bond acceptors (Lipinski definition) is 3. The van der Waals surface area contributed by atoms with Gasteiger partial charge in [-0.25, -0.2) is 4.39 Å². The van der Waals surface area contributed by atoms with E-state index in [0.29, 0.717) is 25.3 Å². The van der Waals surface area contributed by atoms with Crippen LogP contribution in [0.4, 0.5) is 4.39 Å². The molecule has 1 aliphatic carbocycles. The molecular formula is C20H29FN2O2. The van der Waals surface area contributed by atoms with Crippen molar-refractivity contribution in [3.05, 3.63) is 35.6 Å². The Bertz CT molecular complexity index is 562. The third-order valence-corrected chi connectivity index (χ3v) is 5.69. The highest BCUT2D eigenvalue weighted by molar-refractivity contribution is 5.76. The molecule has 2 aliphatic rings. The maximum Gasteiger partial charge on any atom is 0.221 e. The van der Waals surface area contributed by atoms with Crippen molar-refractivity contribution < 1.29 is 14.3 Å². The zero-order valence-corrected chi connectivity index (χ0v) is 14.8. The fraction of sp³-hybridized carbons (Fsp3) is 0.650. The van der Waals surface area contributed by atoms with Gasteiger partial charge < -0.3 is 15.3 Å². The summed E-state index contributed by atoms with van der Waals surface area (Å²) in [5, 5.41) is 14.0. The van der Waals surface area contributed by atoms with E-state index in [1.54, 1.807) is 12.1 Å². The Morgan fingerprint density at radius 3 is 2.44 bits per heavy atom. The van der Waals surface area contributed by atoms with Gasteiger partial charge in [-0.2, -0.15) is 0 Å². The minimum Gasteiger partial charge on any atom is -0.385 e. The molecule has 0 aromatic heterocycles. The molecular weight excluding hydrogens is 319 g/mol. The smallest absolute Gasteiger partial charge is 0.221 e. The van der Waals surface area contributed by atoms with Gasteiger partial charge in [-0.15, -0.1) is 0 Å². The molecule has 138 valence electrons.